The zero-order valence-electron chi connectivity index (χ0n) is 16.7. The van der Waals surface area contributed by atoms with Gasteiger partial charge in [0.05, 0.1) is 6.61 Å². The molecule has 0 amide bonds. The van der Waals surface area contributed by atoms with E-state index in [-0.39, 0.29) is 0 Å². The predicted octanol–water partition coefficient (Wildman–Crippen LogP) is 4.91. The van der Waals surface area contributed by atoms with Crippen molar-refractivity contribution in [2.45, 2.75) is 53.0 Å². The standard InChI is InChI=1S/C22H28N4O/c1-5-27-15-6-7-17-16(8-15)18-19(25-17)20(24-13-23-18)26-12-22(4)10-14(26)9-21(2,3)11-22/h6-8,13-14,25H,5,9-12H2,1-4H3/t14-,22-/m1/s1. The molecular formula is C22H28N4O. The highest BCUT2D eigenvalue weighted by Crippen LogP contribution is 2.53. The molecule has 142 valence electrons. The van der Waals surface area contributed by atoms with Crippen LogP contribution in [-0.2, 0) is 0 Å². The van der Waals surface area contributed by atoms with Crippen LogP contribution in [0.5, 0.6) is 5.75 Å². The second-order valence-corrected chi connectivity index (χ2v) is 9.53. The molecule has 1 N–H and O–H groups in total. The Bertz CT molecular complexity index is 1020. The molecule has 3 aromatic rings. The number of nitrogens with zero attached hydrogens (tertiary/aromatic N) is 3. The Morgan fingerprint density at radius 1 is 1.22 bits per heavy atom. The highest BCUT2D eigenvalue weighted by atomic mass is 16.5. The van der Waals surface area contributed by atoms with E-state index in [9.17, 15) is 0 Å². The molecule has 2 aliphatic rings. The summed E-state index contributed by atoms with van der Waals surface area (Å²) in [6.45, 7) is 11.0. The van der Waals surface area contributed by atoms with Crippen molar-refractivity contribution in [3.8, 4) is 5.75 Å². The SMILES string of the molecule is CCOc1ccc2[nH]c3c(N4C[C@]5(C)C[C@H]4CC(C)(C)C5)ncnc3c2c1. The number of benzene rings is 1. The first kappa shape index (κ1) is 16.8. The van der Waals surface area contributed by atoms with E-state index in [0.29, 0.717) is 23.5 Å². The van der Waals surface area contributed by atoms with E-state index in [1.165, 1.54) is 19.3 Å². The van der Waals surface area contributed by atoms with Gasteiger partial charge in [0.1, 0.15) is 23.1 Å². The molecule has 1 aliphatic carbocycles. The molecule has 5 nitrogen and oxygen atoms in total. The molecule has 2 fully saturated rings. The largest absolute Gasteiger partial charge is 0.494 e. The first-order valence-electron chi connectivity index (χ1n) is 10.0. The zero-order chi connectivity index (χ0) is 18.8. The molecule has 0 radical (unpaired) electrons. The number of hydrogen-bond donors (Lipinski definition) is 1. The van der Waals surface area contributed by atoms with Crippen LogP contribution < -0.4 is 9.64 Å². The van der Waals surface area contributed by atoms with Crippen molar-refractivity contribution in [2.75, 3.05) is 18.1 Å². The summed E-state index contributed by atoms with van der Waals surface area (Å²) >= 11 is 0. The van der Waals surface area contributed by atoms with Crippen LogP contribution in [0.2, 0.25) is 0 Å². The molecule has 0 unspecified atom stereocenters. The van der Waals surface area contributed by atoms with Crippen LogP contribution in [0, 0.1) is 10.8 Å². The van der Waals surface area contributed by atoms with E-state index in [2.05, 4.69) is 47.8 Å². The molecule has 2 bridgehead atoms. The average molecular weight is 364 g/mol. The number of aromatic nitrogens is 3. The van der Waals surface area contributed by atoms with Gasteiger partial charge in [-0.2, -0.15) is 0 Å². The fourth-order valence-corrected chi connectivity index (χ4v) is 5.84. The number of ether oxygens (including phenoxy) is 1. The summed E-state index contributed by atoms with van der Waals surface area (Å²) in [4.78, 5) is 15.5. The summed E-state index contributed by atoms with van der Waals surface area (Å²) in [5.41, 5.74) is 3.89. The fraction of sp³-hybridized carbons (Fsp3) is 0.545. The molecule has 0 spiro atoms. The Balaban J connectivity index is 1.63. The fourth-order valence-electron chi connectivity index (χ4n) is 5.84. The Labute approximate surface area is 160 Å². The van der Waals surface area contributed by atoms with Crippen LogP contribution in [0.3, 0.4) is 0 Å². The van der Waals surface area contributed by atoms with Crippen molar-refractivity contribution < 1.29 is 4.74 Å². The van der Waals surface area contributed by atoms with E-state index >= 15 is 0 Å². The maximum absolute atomic E-state index is 5.69. The third-order valence-electron chi connectivity index (χ3n) is 6.33. The monoisotopic (exact) mass is 364 g/mol. The molecule has 5 rings (SSSR count). The number of hydrogen-bond acceptors (Lipinski definition) is 4. The number of H-pyrrole nitrogens is 1. The third-order valence-corrected chi connectivity index (χ3v) is 6.33. The van der Waals surface area contributed by atoms with Crippen molar-refractivity contribution >= 4 is 27.8 Å². The summed E-state index contributed by atoms with van der Waals surface area (Å²) in [5.74, 6) is 1.94. The average Bonchev–Trinajstić information content (AvgIpc) is 3.08. The van der Waals surface area contributed by atoms with E-state index in [0.717, 1.165) is 40.0 Å². The third kappa shape index (κ3) is 2.67. The number of nitrogens with one attached hydrogen (secondary N) is 1. The number of anilines is 1. The first-order chi connectivity index (χ1) is 12.9. The molecule has 2 atom stereocenters. The van der Waals surface area contributed by atoms with Crippen LogP contribution in [0.4, 0.5) is 5.82 Å². The highest BCUT2D eigenvalue weighted by Gasteiger charge is 2.50. The van der Waals surface area contributed by atoms with Gasteiger partial charge in [0.15, 0.2) is 5.82 Å². The van der Waals surface area contributed by atoms with Crippen LogP contribution in [0.1, 0.15) is 47.0 Å². The molecule has 5 heteroatoms. The van der Waals surface area contributed by atoms with Crippen LogP contribution in [0.15, 0.2) is 24.5 Å². The van der Waals surface area contributed by atoms with Crippen LogP contribution >= 0.6 is 0 Å². The molecule has 2 aromatic heterocycles. The molecule has 1 saturated carbocycles. The van der Waals surface area contributed by atoms with E-state index in [1.807, 2.05) is 13.0 Å². The van der Waals surface area contributed by atoms with Gasteiger partial charge < -0.3 is 14.6 Å². The van der Waals surface area contributed by atoms with E-state index in [1.54, 1.807) is 6.33 Å². The smallest absolute Gasteiger partial charge is 0.156 e. The Morgan fingerprint density at radius 2 is 2.07 bits per heavy atom. The highest BCUT2D eigenvalue weighted by molar-refractivity contribution is 6.08. The van der Waals surface area contributed by atoms with Crippen LogP contribution in [-0.4, -0.2) is 34.1 Å². The van der Waals surface area contributed by atoms with Crippen molar-refractivity contribution in [3.05, 3.63) is 24.5 Å². The second-order valence-electron chi connectivity index (χ2n) is 9.53. The van der Waals surface area contributed by atoms with Gasteiger partial charge in [-0.15, -0.1) is 0 Å². The maximum Gasteiger partial charge on any atom is 0.156 e. The lowest BCUT2D eigenvalue weighted by atomic mass is 9.65. The molecule has 27 heavy (non-hydrogen) atoms. The second kappa shape index (κ2) is 5.60. The van der Waals surface area contributed by atoms with Gasteiger partial charge in [-0.25, -0.2) is 9.97 Å². The molecule has 3 heterocycles. The van der Waals surface area contributed by atoms with E-state index in [4.69, 9.17) is 9.72 Å². The zero-order valence-corrected chi connectivity index (χ0v) is 16.7. The molecule has 1 aromatic carbocycles. The summed E-state index contributed by atoms with van der Waals surface area (Å²) in [6, 6.07) is 6.74. The van der Waals surface area contributed by atoms with Gasteiger partial charge >= 0.3 is 0 Å². The predicted molar refractivity (Wildman–Crippen MR) is 109 cm³/mol. The molecular weight excluding hydrogens is 336 g/mol. The normalized spacial score (nSPS) is 26.8. The minimum absolute atomic E-state index is 0.373. The van der Waals surface area contributed by atoms with Gasteiger partial charge in [0.25, 0.3) is 0 Å². The summed E-state index contributed by atoms with van der Waals surface area (Å²) in [5, 5.41) is 1.10. The van der Waals surface area contributed by atoms with Crippen LogP contribution in [0.25, 0.3) is 21.9 Å². The summed E-state index contributed by atoms with van der Waals surface area (Å²) < 4.78 is 5.69. The van der Waals surface area contributed by atoms with Gasteiger partial charge in [0, 0.05) is 23.5 Å². The molecule has 1 aliphatic heterocycles. The quantitative estimate of drug-likeness (QED) is 0.717. The topological polar surface area (TPSA) is 54.0 Å². The first-order valence-corrected chi connectivity index (χ1v) is 10.0. The Kier molecular flexibility index (Phi) is 3.49. The molecule has 1 saturated heterocycles. The maximum atomic E-state index is 5.69. The van der Waals surface area contributed by atoms with Crippen molar-refractivity contribution in [1.82, 2.24) is 15.0 Å². The minimum atomic E-state index is 0.373. The summed E-state index contributed by atoms with van der Waals surface area (Å²) in [6.07, 6.45) is 5.49. The Morgan fingerprint density at radius 3 is 2.89 bits per heavy atom. The van der Waals surface area contributed by atoms with Gasteiger partial charge in [0.2, 0.25) is 0 Å². The summed E-state index contributed by atoms with van der Waals surface area (Å²) in [7, 11) is 0. The number of aromatic amines is 1. The van der Waals surface area contributed by atoms with Gasteiger partial charge in [-0.1, -0.05) is 20.8 Å². The van der Waals surface area contributed by atoms with Gasteiger partial charge in [-0.3, -0.25) is 0 Å². The van der Waals surface area contributed by atoms with Gasteiger partial charge in [-0.05, 0) is 55.2 Å². The number of rotatable bonds is 3. The minimum Gasteiger partial charge on any atom is -0.494 e. The van der Waals surface area contributed by atoms with Crippen molar-refractivity contribution in [1.29, 1.82) is 0 Å². The lowest BCUT2D eigenvalue weighted by Crippen LogP contribution is -2.35. The Hall–Kier alpha value is -2.30. The number of fused-ring (bicyclic) bond motifs is 5. The van der Waals surface area contributed by atoms with Crippen molar-refractivity contribution in [2.24, 2.45) is 10.8 Å². The van der Waals surface area contributed by atoms with E-state index < -0.39 is 0 Å². The lowest BCUT2D eigenvalue weighted by Gasteiger charge is -2.39. The lowest BCUT2D eigenvalue weighted by molar-refractivity contribution is 0.136. The van der Waals surface area contributed by atoms with Crippen molar-refractivity contribution in [3.63, 3.8) is 0 Å².